The van der Waals surface area contributed by atoms with Crippen LogP contribution in [-0.4, -0.2) is 13.2 Å². The number of rotatable bonds is 14. The van der Waals surface area contributed by atoms with Crippen LogP contribution in [0.2, 0.25) is 10.0 Å². The van der Waals surface area contributed by atoms with Gasteiger partial charge in [-0.1, -0.05) is 68.3 Å². The highest BCUT2D eigenvalue weighted by atomic mass is 35.5. The monoisotopic (exact) mass is 455 g/mol. The van der Waals surface area contributed by atoms with Crippen LogP contribution in [0.4, 0.5) is 4.39 Å². The molecule has 0 bridgehead atoms. The number of halogens is 3. The molecule has 0 radical (unpaired) electrons. The second-order valence-corrected chi connectivity index (χ2v) is 8.11. The minimum Gasteiger partial charge on any atom is -0.490 e. The summed E-state index contributed by atoms with van der Waals surface area (Å²) in [6, 6.07) is 7.93. The van der Waals surface area contributed by atoms with E-state index in [0.717, 1.165) is 12.1 Å². The van der Waals surface area contributed by atoms with E-state index >= 15 is 0 Å². The van der Waals surface area contributed by atoms with Gasteiger partial charge in [0.2, 0.25) is 0 Å². The predicted molar refractivity (Wildman–Crippen MR) is 123 cm³/mol. The van der Waals surface area contributed by atoms with E-state index in [0.29, 0.717) is 40.3 Å². The Morgan fingerprint density at radius 2 is 1.53 bits per heavy atom. The molecule has 0 fully saturated rings. The first-order valence-corrected chi connectivity index (χ1v) is 11.5. The summed E-state index contributed by atoms with van der Waals surface area (Å²) in [6.45, 7) is 6.51. The Morgan fingerprint density at radius 1 is 0.833 bits per heavy atom. The maximum Gasteiger partial charge on any atom is 0.163 e. The largest absolute Gasteiger partial charge is 0.490 e. The molecule has 0 saturated carbocycles. The Morgan fingerprint density at radius 3 is 2.27 bits per heavy atom. The van der Waals surface area contributed by atoms with Crippen molar-refractivity contribution in [1.82, 2.24) is 5.32 Å². The second-order valence-electron chi connectivity index (χ2n) is 7.29. The van der Waals surface area contributed by atoms with Crippen molar-refractivity contribution in [2.75, 3.05) is 13.2 Å². The molecule has 0 atom stereocenters. The predicted octanol–water partition coefficient (Wildman–Crippen LogP) is 7.56. The van der Waals surface area contributed by atoms with Gasteiger partial charge < -0.3 is 14.8 Å². The van der Waals surface area contributed by atoms with E-state index in [9.17, 15) is 4.39 Å². The molecule has 0 saturated heterocycles. The van der Waals surface area contributed by atoms with Gasteiger partial charge >= 0.3 is 0 Å². The van der Waals surface area contributed by atoms with Crippen LogP contribution < -0.4 is 14.8 Å². The average molecular weight is 456 g/mol. The van der Waals surface area contributed by atoms with Gasteiger partial charge in [0.15, 0.2) is 11.5 Å². The summed E-state index contributed by atoms with van der Waals surface area (Å²) in [5.41, 5.74) is 1.67. The Labute approximate surface area is 189 Å². The standard InChI is InChI=1S/C24H32Cl2FNO2/c1-3-5-6-7-8-9-12-28-16-19-13-23(29-4-2)24(15-22(19)26)30-17-18-10-11-20(27)14-21(18)25/h10-11,13-15,28H,3-9,12,16-17H2,1-2H3. The van der Waals surface area contributed by atoms with E-state index in [2.05, 4.69) is 12.2 Å². The summed E-state index contributed by atoms with van der Waals surface area (Å²) < 4.78 is 24.9. The molecule has 1 N–H and O–H groups in total. The molecule has 30 heavy (non-hydrogen) atoms. The van der Waals surface area contributed by atoms with E-state index in [-0.39, 0.29) is 12.4 Å². The van der Waals surface area contributed by atoms with Gasteiger partial charge in [-0.05, 0) is 43.7 Å². The smallest absolute Gasteiger partial charge is 0.163 e. The third kappa shape index (κ3) is 8.33. The van der Waals surface area contributed by atoms with Gasteiger partial charge in [-0.25, -0.2) is 4.39 Å². The van der Waals surface area contributed by atoms with Gasteiger partial charge in [0, 0.05) is 23.2 Å². The van der Waals surface area contributed by atoms with Crippen LogP contribution in [0, 0.1) is 5.82 Å². The van der Waals surface area contributed by atoms with Crippen molar-refractivity contribution in [3.05, 3.63) is 57.3 Å². The topological polar surface area (TPSA) is 30.5 Å². The highest BCUT2D eigenvalue weighted by Crippen LogP contribution is 2.34. The first-order chi connectivity index (χ1) is 14.5. The van der Waals surface area contributed by atoms with Gasteiger partial charge in [-0.15, -0.1) is 0 Å². The zero-order chi connectivity index (χ0) is 21.8. The number of benzene rings is 2. The van der Waals surface area contributed by atoms with Crippen molar-refractivity contribution in [2.24, 2.45) is 0 Å². The molecule has 3 nitrogen and oxygen atoms in total. The van der Waals surface area contributed by atoms with Crippen molar-refractivity contribution < 1.29 is 13.9 Å². The highest BCUT2D eigenvalue weighted by molar-refractivity contribution is 6.31. The van der Waals surface area contributed by atoms with Gasteiger partial charge in [-0.2, -0.15) is 0 Å². The van der Waals surface area contributed by atoms with Crippen molar-refractivity contribution in [3.8, 4) is 11.5 Å². The van der Waals surface area contributed by atoms with Crippen LogP contribution in [0.5, 0.6) is 11.5 Å². The lowest BCUT2D eigenvalue weighted by atomic mass is 10.1. The number of hydrogen-bond donors (Lipinski definition) is 1. The molecule has 2 aromatic carbocycles. The lowest BCUT2D eigenvalue weighted by Crippen LogP contribution is -2.15. The first-order valence-electron chi connectivity index (χ1n) is 10.8. The quantitative estimate of drug-likeness (QED) is 0.298. The van der Waals surface area contributed by atoms with E-state index in [1.807, 2.05) is 13.0 Å². The molecule has 0 aromatic heterocycles. The van der Waals surface area contributed by atoms with Gasteiger partial charge in [0.25, 0.3) is 0 Å². The highest BCUT2D eigenvalue weighted by Gasteiger charge is 2.12. The first kappa shape index (κ1) is 24.8. The third-order valence-corrected chi connectivity index (χ3v) is 5.54. The molecule has 0 aliphatic carbocycles. The van der Waals surface area contributed by atoms with Crippen LogP contribution in [-0.2, 0) is 13.2 Å². The maximum absolute atomic E-state index is 13.2. The summed E-state index contributed by atoms with van der Waals surface area (Å²) in [4.78, 5) is 0. The Bertz CT molecular complexity index is 786. The zero-order valence-corrected chi connectivity index (χ0v) is 19.4. The second kappa shape index (κ2) is 13.7. The van der Waals surface area contributed by atoms with Crippen molar-refractivity contribution in [2.45, 2.75) is 65.5 Å². The molecule has 2 rings (SSSR count). The van der Waals surface area contributed by atoms with E-state index in [1.165, 1.54) is 50.7 Å². The molecular formula is C24H32Cl2FNO2. The van der Waals surface area contributed by atoms with Crippen molar-refractivity contribution in [3.63, 3.8) is 0 Å². The average Bonchev–Trinajstić information content (AvgIpc) is 2.72. The van der Waals surface area contributed by atoms with Gasteiger partial charge in [0.05, 0.1) is 11.6 Å². The molecule has 0 aliphatic rings. The minimum atomic E-state index is -0.375. The Kier molecular flexibility index (Phi) is 11.3. The molecule has 0 aliphatic heterocycles. The number of ether oxygens (including phenoxy) is 2. The van der Waals surface area contributed by atoms with Crippen molar-refractivity contribution in [1.29, 1.82) is 0 Å². The van der Waals surface area contributed by atoms with Crippen LogP contribution in [0.15, 0.2) is 30.3 Å². The molecular weight excluding hydrogens is 424 g/mol. The SMILES string of the molecule is CCCCCCCCNCc1cc(OCC)c(OCc2ccc(F)cc2Cl)cc1Cl. The summed E-state index contributed by atoms with van der Waals surface area (Å²) in [7, 11) is 0. The molecule has 0 unspecified atom stereocenters. The maximum atomic E-state index is 13.2. The summed E-state index contributed by atoms with van der Waals surface area (Å²) in [5.74, 6) is 0.804. The van der Waals surface area contributed by atoms with E-state index in [4.69, 9.17) is 32.7 Å². The zero-order valence-electron chi connectivity index (χ0n) is 17.9. The van der Waals surface area contributed by atoms with Gasteiger partial charge in [-0.3, -0.25) is 0 Å². The minimum absolute atomic E-state index is 0.200. The fraction of sp³-hybridized carbons (Fsp3) is 0.500. The molecule has 0 heterocycles. The van der Waals surface area contributed by atoms with Crippen LogP contribution in [0.3, 0.4) is 0 Å². The summed E-state index contributed by atoms with van der Waals surface area (Å²) in [6.07, 6.45) is 7.64. The number of hydrogen-bond acceptors (Lipinski definition) is 3. The van der Waals surface area contributed by atoms with E-state index < -0.39 is 0 Å². The number of nitrogens with one attached hydrogen (secondary N) is 1. The lowest BCUT2D eigenvalue weighted by molar-refractivity contribution is 0.269. The normalized spacial score (nSPS) is 11.0. The summed E-state index contributed by atoms with van der Waals surface area (Å²) in [5, 5.41) is 4.41. The van der Waals surface area contributed by atoms with E-state index in [1.54, 1.807) is 12.1 Å². The molecule has 0 amide bonds. The van der Waals surface area contributed by atoms with Crippen LogP contribution >= 0.6 is 23.2 Å². The Hall–Kier alpha value is -1.49. The lowest BCUT2D eigenvalue weighted by Gasteiger charge is -2.16. The molecule has 2 aromatic rings. The molecule has 0 spiro atoms. The third-order valence-electron chi connectivity index (χ3n) is 4.83. The number of unbranched alkanes of at least 4 members (excludes halogenated alkanes) is 5. The fourth-order valence-corrected chi connectivity index (χ4v) is 3.58. The van der Waals surface area contributed by atoms with Gasteiger partial charge in [0.1, 0.15) is 12.4 Å². The molecule has 6 heteroatoms. The van der Waals surface area contributed by atoms with Crippen LogP contribution in [0.1, 0.15) is 63.5 Å². The fourth-order valence-electron chi connectivity index (χ4n) is 3.14. The van der Waals surface area contributed by atoms with Crippen molar-refractivity contribution >= 4 is 23.2 Å². The van der Waals surface area contributed by atoms with Crippen LogP contribution in [0.25, 0.3) is 0 Å². The molecule has 166 valence electrons. The Balaban J connectivity index is 1.92. The summed E-state index contributed by atoms with van der Waals surface area (Å²) >= 11 is 12.6.